The third kappa shape index (κ3) is 4.58. The van der Waals surface area contributed by atoms with E-state index < -0.39 is 10.0 Å². The van der Waals surface area contributed by atoms with Crippen LogP contribution in [0.15, 0.2) is 41.3 Å². The summed E-state index contributed by atoms with van der Waals surface area (Å²) >= 11 is 23.9. The van der Waals surface area contributed by atoms with Gasteiger partial charge in [0, 0.05) is 24.7 Å². The summed E-state index contributed by atoms with van der Waals surface area (Å²) in [7, 11) is -3.84. The Labute approximate surface area is 183 Å². The van der Waals surface area contributed by atoms with E-state index in [9.17, 15) is 13.2 Å². The number of carbonyl (C=O) groups is 1. The maximum absolute atomic E-state index is 12.9. The number of nitrogens with one attached hydrogen (secondary N) is 1. The Morgan fingerprint density at radius 2 is 1.54 bits per heavy atom. The van der Waals surface area contributed by atoms with Crippen molar-refractivity contribution >= 4 is 68.0 Å². The SMILES string of the molecule is O=C(Nc1ccc(Cl)c(Cl)c1)C1CCN(S(=O)(=O)c2c(Cl)cccc2Cl)CC1. The fourth-order valence-electron chi connectivity index (χ4n) is 3.03. The third-order valence-electron chi connectivity index (χ3n) is 4.53. The van der Waals surface area contributed by atoms with E-state index in [1.807, 2.05) is 0 Å². The molecular formula is C18H16Cl4N2O3S. The first-order chi connectivity index (χ1) is 13.2. The quantitative estimate of drug-likeness (QED) is 0.640. The highest BCUT2D eigenvalue weighted by Crippen LogP contribution is 2.33. The molecule has 1 aliphatic heterocycles. The summed E-state index contributed by atoms with van der Waals surface area (Å²) in [5, 5.41) is 3.69. The van der Waals surface area contributed by atoms with E-state index in [4.69, 9.17) is 46.4 Å². The summed E-state index contributed by atoms with van der Waals surface area (Å²) in [6.45, 7) is 0.396. The van der Waals surface area contributed by atoms with Crippen LogP contribution in [0.1, 0.15) is 12.8 Å². The number of carbonyl (C=O) groups excluding carboxylic acids is 1. The smallest absolute Gasteiger partial charge is 0.246 e. The van der Waals surface area contributed by atoms with Crippen LogP contribution in [0.5, 0.6) is 0 Å². The summed E-state index contributed by atoms with van der Waals surface area (Å²) in [6.07, 6.45) is 0.767. The molecule has 0 radical (unpaired) electrons. The van der Waals surface area contributed by atoms with E-state index in [2.05, 4.69) is 5.32 Å². The average molecular weight is 482 g/mol. The second-order valence-corrected chi connectivity index (χ2v) is 9.85. The third-order valence-corrected chi connectivity index (χ3v) is 8.12. The number of halogens is 4. The van der Waals surface area contributed by atoms with Crippen molar-refractivity contribution in [3.63, 3.8) is 0 Å². The minimum atomic E-state index is -3.84. The predicted octanol–water partition coefficient (Wildman–Crippen LogP) is 5.34. The van der Waals surface area contributed by atoms with Crippen molar-refractivity contribution in [1.29, 1.82) is 0 Å². The van der Waals surface area contributed by atoms with Gasteiger partial charge in [0.05, 0.1) is 20.1 Å². The molecule has 10 heteroatoms. The molecule has 1 amide bonds. The maximum Gasteiger partial charge on any atom is 0.246 e. The van der Waals surface area contributed by atoms with Crippen LogP contribution < -0.4 is 5.32 Å². The van der Waals surface area contributed by atoms with Crippen molar-refractivity contribution < 1.29 is 13.2 Å². The Morgan fingerprint density at radius 3 is 2.11 bits per heavy atom. The molecule has 1 fully saturated rings. The van der Waals surface area contributed by atoms with Crippen LogP contribution in [0.25, 0.3) is 0 Å². The Bertz CT molecular complexity index is 986. The average Bonchev–Trinajstić information content (AvgIpc) is 2.64. The van der Waals surface area contributed by atoms with Crippen molar-refractivity contribution in [3.05, 3.63) is 56.5 Å². The zero-order valence-corrected chi connectivity index (χ0v) is 18.3. The lowest BCUT2D eigenvalue weighted by atomic mass is 9.97. The van der Waals surface area contributed by atoms with Crippen LogP contribution >= 0.6 is 46.4 Å². The molecule has 3 rings (SSSR count). The topological polar surface area (TPSA) is 66.5 Å². The van der Waals surface area contributed by atoms with Gasteiger partial charge in [-0.05, 0) is 43.2 Å². The van der Waals surface area contributed by atoms with Gasteiger partial charge in [-0.2, -0.15) is 4.31 Å². The van der Waals surface area contributed by atoms with Gasteiger partial charge >= 0.3 is 0 Å². The van der Waals surface area contributed by atoms with Crippen LogP contribution in [0.2, 0.25) is 20.1 Å². The highest BCUT2D eigenvalue weighted by atomic mass is 35.5. The molecule has 1 aliphatic rings. The van der Waals surface area contributed by atoms with Gasteiger partial charge in [-0.1, -0.05) is 52.5 Å². The molecule has 1 heterocycles. The number of piperidine rings is 1. The van der Waals surface area contributed by atoms with Gasteiger partial charge in [0.25, 0.3) is 0 Å². The Balaban J connectivity index is 1.67. The number of hydrogen-bond acceptors (Lipinski definition) is 3. The fourth-order valence-corrected chi connectivity index (χ4v) is 5.89. The Morgan fingerprint density at radius 1 is 0.929 bits per heavy atom. The largest absolute Gasteiger partial charge is 0.326 e. The molecule has 2 aromatic rings. The molecule has 0 saturated carbocycles. The molecule has 0 bridgehead atoms. The van der Waals surface area contributed by atoms with Crippen LogP contribution in [0.3, 0.4) is 0 Å². The second-order valence-electron chi connectivity index (χ2n) is 6.35. The van der Waals surface area contributed by atoms with Crippen LogP contribution in [-0.4, -0.2) is 31.7 Å². The normalized spacial score (nSPS) is 16.1. The zero-order valence-electron chi connectivity index (χ0n) is 14.5. The van der Waals surface area contributed by atoms with E-state index in [0.717, 1.165) is 0 Å². The number of nitrogens with zero attached hydrogens (tertiary/aromatic N) is 1. The van der Waals surface area contributed by atoms with Gasteiger partial charge in [0.2, 0.25) is 15.9 Å². The van der Waals surface area contributed by atoms with Gasteiger partial charge in [0.15, 0.2) is 0 Å². The molecule has 0 aromatic heterocycles. The predicted molar refractivity (Wildman–Crippen MR) is 113 cm³/mol. The van der Waals surface area contributed by atoms with E-state index >= 15 is 0 Å². The number of rotatable bonds is 4. The lowest BCUT2D eigenvalue weighted by Gasteiger charge is -2.31. The minimum absolute atomic E-state index is 0.0759. The molecule has 28 heavy (non-hydrogen) atoms. The molecule has 0 spiro atoms. The summed E-state index contributed by atoms with van der Waals surface area (Å²) < 4.78 is 27.1. The lowest BCUT2D eigenvalue weighted by molar-refractivity contribution is -0.120. The summed E-state index contributed by atoms with van der Waals surface area (Å²) in [5.41, 5.74) is 0.539. The molecule has 1 saturated heterocycles. The van der Waals surface area contributed by atoms with E-state index in [1.165, 1.54) is 16.4 Å². The van der Waals surface area contributed by atoms with Crippen LogP contribution in [-0.2, 0) is 14.8 Å². The Kier molecular flexibility index (Phi) is 6.80. The van der Waals surface area contributed by atoms with E-state index in [0.29, 0.717) is 28.6 Å². The molecule has 0 unspecified atom stereocenters. The highest BCUT2D eigenvalue weighted by Gasteiger charge is 2.34. The second kappa shape index (κ2) is 8.78. The number of hydrogen-bond donors (Lipinski definition) is 1. The van der Waals surface area contributed by atoms with Gasteiger partial charge in [-0.25, -0.2) is 8.42 Å². The van der Waals surface area contributed by atoms with Crippen molar-refractivity contribution in [2.24, 2.45) is 5.92 Å². The van der Waals surface area contributed by atoms with Crippen LogP contribution in [0, 0.1) is 5.92 Å². The van der Waals surface area contributed by atoms with Gasteiger partial charge in [-0.3, -0.25) is 4.79 Å². The first-order valence-corrected chi connectivity index (χ1v) is 11.4. The van der Waals surface area contributed by atoms with Crippen molar-refractivity contribution in [3.8, 4) is 0 Å². The van der Waals surface area contributed by atoms with E-state index in [-0.39, 0.29) is 39.9 Å². The van der Waals surface area contributed by atoms with E-state index in [1.54, 1.807) is 24.3 Å². The summed E-state index contributed by atoms with van der Waals surface area (Å²) in [5.74, 6) is -0.506. The molecule has 0 aliphatic carbocycles. The number of benzene rings is 2. The summed E-state index contributed by atoms with van der Waals surface area (Å²) in [6, 6.07) is 9.38. The zero-order chi connectivity index (χ0) is 20.5. The van der Waals surface area contributed by atoms with Gasteiger partial charge in [0.1, 0.15) is 4.90 Å². The molecular weight excluding hydrogens is 466 g/mol. The standard InChI is InChI=1S/C18H16Cl4N2O3S/c19-13-5-4-12(10-16(13)22)23-18(25)11-6-8-24(9-7-11)28(26,27)17-14(20)2-1-3-15(17)21/h1-5,10-11H,6-9H2,(H,23,25). The van der Waals surface area contributed by atoms with Gasteiger partial charge in [-0.15, -0.1) is 0 Å². The van der Waals surface area contributed by atoms with Crippen molar-refractivity contribution in [2.45, 2.75) is 17.7 Å². The fraction of sp³-hybridized carbons (Fsp3) is 0.278. The first-order valence-electron chi connectivity index (χ1n) is 8.40. The Hall–Kier alpha value is -1.02. The van der Waals surface area contributed by atoms with Crippen molar-refractivity contribution in [2.75, 3.05) is 18.4 Å². The number of sulfonamides is 1. The van der Waals surface area contributed by atoms with Crippen LogP contribution in [0.4, 0.5) is 5.69 Å². The minimum Gasteiger partial charge on any atom is -0.326 e. The van der Waals surface area contributed by atoms with Crippen molar-refractivity contribution in [1.82, 2.24) is 4.31 Å². The molecule has 5 nitrogen and oxygen atoms in total. The number of amides is 1. The highest BCUT2D eigenvalue weighted by molar-refractivity contribution is 7.89. The first kappa shape index (κ1) is 21.7. The molecule has 2 aromatic carbocycles. The maximum atomic E-state index is 12.9. The molecule has 0 atom stereocenters. The molecule has 1 N–H and O–H groups in total. The lowest BCUT2D eigenvalue weighted by Crippen LogP contribution is -2.41. The number of anilines is 1. The summed E-state index contributed by atoms with van der Waals surface area (Å²) in [4.78, 5) is 12.4. The monoisotopic (exact) mass is 480 g/mol. The molecule has 150 valence electrons. The van der Waals surface area contributed by atoms with Gasteiger partial charge < -0.3 is 5.32 Å².